The van der Waals surface area contributed by atoms with E-state index in [1.807, 2.05) is 13.8 Å². The molecule has 0 aliphatic carbocycles. The topological polar surface area (TPSA) is 26.3 Å². The third-order valence-electron chi connectivity index (χ3n) is 3.50. The van der Waals surface area contributed by atoms with Crippen LogP contribution in [-0.2, 0) is 15.6 Å². The van der Waals surface area contributed by atoms with E-state index >= 15 is 0 Å². The molecule has 1 atom stereocenters. The Morgan fingerprint density at radius 1 is 1.33 bits per heavy atom. The highest BCUT2D eigenvalue weighted by Crippen LogP contribution is 2.41. The lowest BCUT2D eigenvalue weighted by atomic mass is 9.86. The summed E-state index contributed by atoms with van der Waals surface area (Å²) >= 11 is 1.77. The molecule has 1 rings (SSSR count). The van der Waals surface area contributed by atoms with Gasteiger partial charge in [-0.15, -0.1) is 11.3 Å². The van der Waals surface area contributed by atoms with Crippen LogP contribution < -0.4 is 0 Å². The average Bonchev–Trinajstić information content (AvgIpc) is 2.79. The second kappa shape index (κ2) is 7.70. The molecule has 1 unspecified atom stereocenters. The smallest absolute Gasteiger partial charge is 0.171 e. The molecule has 0 saturated carbocycles. The van der Waals surface area contributed by atoms with E-state index in [4.69, 9.17) is 4.43 Å². The van der Waals surface area contributed by atoms with Crippen LogP contribution >= 0.6 is 11.3 Å². The lowest BCUT2D eigenvalue weighted by Crippen LogP contribution is -2.26. The number of thiophene rings is 1. The van der Waals surface area contributed by atoms with Gasteiger partial charge in [0.25, 0.3) is 0 Å². The van der Waals surface area contributed by atoms with Gasteiger partial charge in [-0.1, -0.05) is 34.6 Å². The van der Waals surface area contributed by atoms with E-state index in [0.717, 1.165) is 6.42 Å². The van der Waals surface area contributed by atoms with Crippen molar-refractivity contribution in [2.75, 3.05) is 0 Å². The second-order valence-electron chi connectivity index (χ2n) is 7.36. The standard InChI is InChI=1S/C17H30O2SSi/c1-12(2)14(18)9-8-13-10-11-20-15(13)16(17(3,4)5)19-21(6)7/h10-12,16,21H,8-9H2,1-7H3. The maximum absolute atomic E-state index is 11.9. The molecular formula is C17H30O2SSi. The largest absolute Gasteiger partial charge is 0.412 e. The molecule has 0 spiro atoms. The van der Waals surface area contributed by atoms with E-state index in [2.05, 4.69) is 45.3 Å². The van der Waals surface area contributed by atoms with Crippen molar-refractivity contribution in [3.05, 3.63) is 21.9 Å². The van der Waals surface area contributed by atoms with Crippen LogP contribution in [0, 0.1) is 11.3 Å². The van der Waals surface area contributed by atoms with Gasteiger partial charge < -0.3 is 4.43 Å². The van der Waals surface area contributed by atoms with Crippen molar-refractivity contribution in [2.24, 2.45) is 11.3 Å². The Bertz CT molecular complexity index is 458. The maximum Gasteiger partial charge on any atom is 0.171 e. The summed E-state index contributed by atoms with van der Waals surface area (Å²) in [5.41, 5.74) is 1.38. The monoisotopic (exact) mass is 326 g/mol. The molecule has 0 aliphatic heterocycles. The van der Waals surface area contributed by atoms with Crippen LogP contribution in [-0.4, -0.2) is 14.8 Å². The summed E-state index contributed by atoms with van der Waals surface area (Å²) < 4.78 is 6.32. The number of Topliss-reactive ketones (excluding diaryl/α,β-unsaturated/α-hetero) is 1. The van der Waals surface area contributed by atoms with E-state index < -0.39 is 9.04 Å². The van der Waals surface area contributed by atoms with E-state index in [-0.39, 0.29) is 17.4 Å². The van der Waals surface area contributed by atoms with Crippen LogP contribution in [0.5, 0.6) is 0 Å². The van der Waals surface area contributed by atoms with E-state index in [1.54, 1.807) is 11.3 Å². The fourth-order valence-corrected chi connectivity index (χ4v) is 4.68. The molecule has 1 aromatic rings. The molecular weight excluding hydrogens is 296 g/mol. The summed E-state index contributed by atoms with van der Waals surface area (Å²) in [7, 11) is -1.11. The number of ketones is 1. The number of carbonyl (C=O) groups is 1. The molecule has 0 fully saturated rings. The first-order valence-corrected chi connectivity index (χ1v) is 11.5. The van der Waals surface area contributed by atoms with E-state index in [1.165, 1.54) is 10.4 Å². The van der Waals surface area contributed by atoms with Crippen molar-refractivity contribution < 1.29 is 9.22 Å². The van der Waals surface area contributed by atoms with Gasteiger partial charge >= 0.3 is 0 Å². The summed E-state index contributed by atoms with van der Waals surface area (Å²) in [5.74, 6) is 0.475. The Balaban J connectivity index is 2.91. The zero-order chi connectivity index (χ0) is 16.2. The van der Waals surface area contributed by atoms with Crippen molar-refractivity contribution in [1.29, 1.82) is 0 Å². The number of carbonyl (C=O) groups excluding carboxylic acids is 1. The average molecular weight is 327 g/mol. The summed E-state index contributed by atoms with van der Waals surface area (Å²) in [5, 5.41) is 2.13. The fraction of sp³-hybridized carbons (Fsp3) is 0.706. The van der Waals surface area contributed by atoms with Gasteiger partial charge in [0.1, 0.15) is 5.78 Å². The number of aryl methyl sites for hydroxylation is 1. The first-order chi connectivity index (χ1) is 9.62. The van der Waals surface area contributed by atoms with Crippen molar-refractivity contribution in [1.82, 2.24) is 0 Å². The second-order valence-corrected chi connectivity index (χ2v) is 10.7. The number of hydrogen-bond acceptors (Lipinski definition) is 3. The van der Waals surface area contributed by atoms with Gasteiger partial charge in [0.2, 0.25) is 0 Å². The molecule has 120 valence electrons. The minimum atomic E-state index is -1.11. The molecule has 1 aromatic heterocycles. The number of hydrogen-bond donors (Lipinski definition) is 0. The molecule has 4 heteroatoms. The van der Waals surface area contributed by atoms with Crippen molar-refractivity contribution >= 4 is 26.2 Å². The minimum Gasteiger partial charge on any atom is -0.412 e. The molecule has 0 saturated heterocycles. The number of rotatable bonds is 7. The van der Waals surface area contributed by atoms with Gasteiger partial charge in [0, 0.05) is 17.2 Å². The SMILES string of the molecule is CC(C)C(=O)CCc1ccsc1C(O[SiH](C)C)C(C)(C)C. The lowest BCUT2D eigenvalue weighted by molar-refractivity contribution is -0.121. The molecule has 0 aliphatic rings. The molecule has 0 radical (unpaired) electrons. The highest BCUT2D eigenvalue weighted by Gasteiger charge is 2.30. The van der Waals surface area contributed by atoms with Gasteiger partial charge in [-0.3, -0.25) is 4.79 Å². The first kappa shape index (κ1) is 18.6. The van der Waals surface area contributed by atoms with Gasteiger partial charge in [0.05, 0.1) is 6.10 Å². The fourth-order valence-electron chi connectivity index (χ4n) is 2.26. The predicted molar refractivity (Wildman–Crippen MR) is 94.6 cm³/mol. The zero-order valence-electron chi connectivity index (χ0n) is 14.5. The predicted octanol–water partition coefficient (Wildman–Crippen LogP) is 4.99. The molecule has 0 bridgehead atoms. The summed E-state index contributed by atoms with van der Waals surface area (Å²) in [4.78, 5) is 13.2. The van der Waals surface area contributed by atoms with Gasteiger partial charge in [0.15, 0.2) is 9.04 Å². The van der Waals surface area contributed by atoms with Crippen molar-refractivity contribution in [3.8, 4) is 0 Å². The summed E-state index contributed by atoms with van der Waals surface area (Å²) in [6.45, 7) is 15.1. The summed E-state index contributed by atoms with van der Waals surface area (Å²) in [6.07, 6.45) is 1.62. The van der Waals surface area contributed by atoms with Crippen LogP contribution in [0.15, 0.2) is 11.4 Å². The molecule has 2 nitrogen and oxygen atoms in total. The Labute approximate surface area is 135 Å². The quantitative estimate of drug-likeness (QED) is 0.660. The molecule has 0 amide bonds. The van der Waals surface area contributed by atoms with E-state index in [9.17, 15) is 4.79 Å². The third kappa shape index (κ3) is 5.68. The maximum atomic E-state index is 11.9. The van der Waals surface area contributed by atoms with Crippen LogP contribution in [0.4, 0.5) is 0 Å². The Morgan fingerprint density at radius 2 is 1.95 bits per heavy atom. The molecule has 0 N–H and O–H groups in total. The highest BCUT2D eigenvalue weighted by atomic mass is 32.1. The van der Waals surface area contributed by atoms with Crippen LogP contribution in [0.1, 0.15) is 57.6 Å². The molecule has 0 aromatic carbocycles. The van der Waals surface area contributed by atoms with Crippen molar-refractivity contribution in [2.45, 2.75) is 66.7 Å². The van der Waals surface area contributed by atoms with Crippen molar-refractivity contribution in [3.63, 3.8) is 0 Å². The normalized spacial score (nSPS) is 14.0. The van der Waals surface area contributed by atoms with Crippen LogP contribution in [0.25, 0.3) is 0 Å². The zero-order valence-corrected chi connectivity index (χ0v) is 16.5. The first-order valence-electron chi connectivity index (χ1n) is 7.87. The third-order valence-corrected chi connectivity index (χ3v) is 5.32. The van der Waals surface area contributed by atoms with Crippen LogP contribution in [0.3, 0.4) is 0 Å². The van der Waals surface area contributed by atoms with Gasteiger partial charge in [-0.25, -0.2) is 0 Å². The molecule has 1 heterocycles. The van der Waals surface area contributed by atoms with Gasteiger partial charge in [-0.2, -0.15) is 0 Å². The minimum absolute atomic E-state index is 0.0823. The van der Waals surface area contributed by atoms with E-state index in [0.29, 0.717) is 12.2 Å². The highest BCUT2D eigenvalue weighted by molar-refractivity contribution is 7.10. The summed E-state index contributed by atoms with van der Waals surface area (Å²) in [6, 6.07) is 2.16. The Kier molecular flexibility index (Phi) is 6.82. The Morgan fingerprint density at radius 3 is 2.43 bits per heavy atom. The Hall–Kier alpha value is -0.453. The van der Waals surface area contributed by atoms with Crippen LogP contribution in [0.2, 0.25) is 13.1 Å². The lowest BCUT2D eigenvalue weighted by Gasteiger charge is -2.32. The molecule has 21 heavy (non-hydrogen) atoms. The van der Waals surface area contributed by atoms with Gasteiger partial charge in [-0.05, 0) is 41.9 Å².